The summed E-state index contributed by atoms with van der Waals surface area (Å²) in [5.74, 6) is 0.522. The van der Waals surface area contributed by atoms with Crippen LogP contribution in [0.3, 0.4) is 0 Å². The molecule has 4 nitrogen and oxygen atoms in total. The van der Waals surface area contributed by atoms with Gasteiger partial charge < -0.3 is 4.74 Å². The number of amides is 1. The van der Waals surface area contributed by atoms with E-state index in [4.69, 9.17) is 4.74 Å². The molecule has 0 aliphatic heterocycles. The van der Waals surface area contributed by atoms with Crippen molar-refractivity contribution in [3.63, 3.8) is 0 Å². The second kappa shape index (κ2) is 5.12. The van der Waals surface area contributed by atoms with Gasteiger partial charge in [0.25, 0.3) is 0 Å². The minimum atomic E-state index is -0.441. The standard InChI is InChI=1S/C13H12N2O2/c1-15(11-6-5-9-14-10-11)13(16)17-12-7-3-2-4-8-12/h2-10H,1H3. The second-order valence-corrected chi connectivity index (χ2v) is 3.45. The lowest BCUT2D eigenvalue weighted by Gasteiger charge is -2.16. The Hall–Kier alpha value is -2.36. The van der Waals surface area contributed by atoms with Gasteiger partial charge in [-0.05, 0) is 24.3 Å². The number of carbonyl (C=O) groups is 1. The summed E-state index contributed by atoms with van der Waals surface area (Å²) < 4.78 is 5.19. The Morgan fingerprint density at radius 2 is 1.94 bits per heavy atom. The first-order valence-electron chi connectivity index (χ1n) is 5.18. The molecule has 2 aromatic rings. The van der Waals surface area contributed by atoms with Gasteiger partial charge in [0, 0.05) is 13.2 Å². The molecule has 0 aliphatic rings. The highest BCUT2D eigenvalue weighted by molar-refractivity contribution is 5.88. The number of benzene rings is 1. The van der Waals surface area contributed by atoms with Gasteiger partial charge in [-0.25, -0.2) is 4.79 Å². The van der Waals surface area contributed by atoms with Crippen molar-refractivity contribution in [1.29, 1.82) is 0 Å². The maximum absolute atomic E-state index is 11.8. The van der Waals surface area contributed by atoms with E-state index in [0.717, 1.165) is 0 Å². The molecule has 17 heavy (non-hydrogen) atoms. The third-order valence-corrected chi connectivity index (χ3v) is 2.26. The lowest BCUT2D eigenvalue weighted by atomic mass is 10.3. The predicted molar refractivity (Wildman–Crippen MR) is 65.1 cm³/mol. The third kappa shape index (κ3) is 2.81. The summed E-state index contributed by atoms with van der Waals surface area (Å²) in [7, 11) is 1.64. The van der Waals surface area contributed by atoms with Gasteiger partial charge in [0.2, 0.25) is 0 Å². The molecule has 0 N–H and O–H groups in total. The van der Waals surface area contributed by atoms with Gasteiger partial charge in [-0.3, -0.25) is 9.88 Å². The lowest BCUT2D eigenvalue weighted by Crippen LogP contribution is -2.29. The number of para-hydroxylation sites is 1. The molecule has 0 bridgehead atoms. The molecule has 86 valence electrons. The summed E-state index contributed by atoms with van der Waals surface area (Å²) in [4.78, 5) is 17.1. The van der Waals surface area contributed by atoms with Crippen molar-refractivity contribution in [3.05, 3.63) is 54.9 Å². The van der Waals surface area contributed by atoms with E-state index in [1.165, 1.54) is 4.90 Å². The molecule has 0 aliphatic carbocycles. The van der Waals surface area contributed by atoms with Crippen LogP contribution in [0.4, 0.5) is 10.5 Å². The number of ether oxygens (including phenoxy) is 1. The number of carbonyl (C=O) groups excluding carboxylic acids is 1. The zero-order chi connectivity index (χ0) is 12.1. The summed E-state index contributed by atoms with van der Waals surface area (Å²) in [6, 6.07) is 12.5. The molecular weight excluding hydrogens is 216 g/mol. The average molecular weight is 228 g/mol. The van der Waals surface area contributed by atoms with Crippen LogP contribution in [0, 0.1) is 0 Å². The topological polar surface area (TPSA) is 42.4 Å². The van der Waals surface area contributed by atoms with Gasteiger partial charge in [0.1, 0.15) is 5.75 Å². The average Bonchev–Trinajstić information content (AvgIpc) is 2.40. The molecule has 1 heterocycles. The number of anilines is 1. The van der Waals surface area contributed by atoms with Crippen LogP contribution < -0.4 is 9.64 Å². The van der Waals surface area contributed by atoms with Crippen LogP contribution in [-0.4, -0.2) is 18.1 Å². The van der Waals surface area contributed by atoms with E-state index in [9.17, 15) is 4.79 Å². The predicted octanol–water partition coefficient (Wildman–Crippen LogP) is 2.72. The van der Waals surface area contributed by atoms with Crippen LogP contribution in [0.2, 0.25) is 0 Å². The van der Waals surface area contributed by atoms with Gasteiger partial charge >= 0.3 is 6.09 Å². The molecule has 4 heteroatoms. The van der Waals surface area contributed by atoms with E-state index in [1.54, 1.807) is 43.7 Å². The summed E-state index contributed by atoms with van der Waals surface area (Å²) >= 11 is 0. The van der Waals surface area contributed by atoms with Crippen molar-refractivity contribution in [2.45, 2.75) is 0 Å². The molecule has 0 saturated carbocycles. The van der Waals surface area contributed by atoms with E-state index in [-0.39, 0.29) is 0 Å². The highest BCUT2D eigenvalue weighted by atomic mass is 16.6. The number of rotatable bonds is 2. The van der Waals surface area contributed by atoms with Crippen LogP contribution >= 0.6 is 0 Å². The van der Waals surface area contributed by atoms with Gasteiger partial charge in [-0.2, -0.15) is 0 Å². The van der Waals surface area contributed by atoms with Crippen molar-refractivity contribution in [1.82, 2.24) is 4.98 Å². The second-order valence-electron chi connectivity index (χ2n) is 3.45. The number of pyridine rings is 1. The molecule has 2 rings (SSSR count). The highest BCUT2D eigenvalue weighted by Gasteiger charge is 2.12. The Morgan fingerprint density at radius 1 is 1.18 bits per heavy atom. The molecule has 0 fully saturated rings. The molecular formula is C13H12N2O2. The van der Waals surface area contributed by atoms with Gasteiger partial charge in [0.15, 0.2) is 0 Å². The zero-order valence-corrected chi connectivity index (χ0v) is 9.41. The Morgan fingerprint density at radius 3 is 2.59 bits per heavy atom. The number of hydrogen-bond donors (Lipinski definition) is 0. The molecule has 0 spiro atoms. The molecule has 0 saturated heterocycles. The van der Waals surface area contributed by atoms with E-state index >= 15 is 0 Å². The first kappa shape index (κ1) is 11.1. The Kier molecular flexibility index (Phi) is 3.35. The fourth-order valence-electron chi connectivity index (χ4n) is 1.32. The van der Waals surface area contributed by atoms with E-state index in [1.807, 2.05) is 18.2 Å². The van der Waals surface area contributed by atoms with E-state index in [0.29, 0.717) is 11.4 Å². The van der Waals surface area contributed by atoms with Gasteiger partial charge in [-0.15, -0.1) is 0 Å². The quantitative estimate of drug-likeness (QED) is 0.793. The first-order valence-corrected chi connectivity index (χ1v) is 5.18. The van der Waals surface area contributed by atoms with Crippen molar-refractivity contribution in [3.8, 4) is 5.75 Å². The third-order valence-electron chi connectivity index (χ3n) is 2.26. The smallest absolute Gasteiger partial charge is 0.410 e. The first-order chi connectivity index (χ1) is 8.27. The van der Waals surface area contributed by atoms with Crippen molar-refractivity contribution in [2.24, 2.45) is 0 Å². The van der Waals surface area contributed by atoms with Crippen LogP contribution in [0.1, 0.15) is 0 Å². The Bertz CT molecular complexity index is 485. The Balaban J connectivity index is 2.06. The normalized spacial score (nSPS) is 9.71. The minimum Gasteiger partial charge on any atom is -0.410 e. The van der Waals surface area contributed by atoms with Gasteiger partial charge in [0.05, 0.1) is 11.9 Å². The molecule has 1 amide bonds. The molecule has 0 radical (unpaired) electrons. The van der Waals surface area contributed by atoms with Crippen LogP contribution in [0.15, 0.2) is 54.9 Å². The largest absolute Gasteiger partial charge is 0.419 e. The maximum Gasteiger partial charge on any atom is 0.419 e. The molecule has 1 aromatic heterocycles. The summed E-state index contributed by atoms with van der Waals surface area (Å²) in [6.07, 6.45) is 2.82. The summed E-state index contributed by atoms with van der Waals surface area (Å²) in [5.41, 5.74) is 0.688. The summed E-state index contributed by atoms with van der Waals surface area (Å²) in [6.45, 7) is 0. The van der Waals surface area contributed by atoms with Crippen LogP contribution in [0.25, 0.3) is 0 Å². The maximum atomic E-state index is 11.8. The van der Waals surface area contributed by atoms with E-state index in [2.05, 4.69) is 4.98 Å². The number of hydrogen-bond acceptors (Lipinski definition) is 3. The van der Waals surface area contributed by atoms with Crippen molar-refractivity contribution in [2.75, 3.05) is 11.9 Å². The minimum absolute atomic E-state index is 0.441. The monoisotopic (exact) mass is 228 g/mol. The Labute approximate surface area is 99.5 Å². The van der Waals surface area contributed by atoms with Crippen LogP contribution in [-0.2, 0) is 0 Å². The number of aromatic nitrogens is 1. The fraction of sp³-hybridized carbons (Fsp3) is 0.0769. The lowest BCUT2D eigenvalue weighted by molar-refractivity contribution is 0.209. The zero-order valence-electron chi connectivity index (χ0n) is 9.41. The molecule has 1 aromatic carbocycles. The van der Waals surface area contributed by atoms with Crippen LogP contribution in [0.5, 0.6) is 5.75 Å². The molecule has 0 unspecified atom stereocenters. The van der Waals surface area contributed by atoms with Crippen molar-refractivity contribution >= 4 is 11.8 Å². The molecule has 0 atom stereocenters. The van der Waals surface area contributed by atoms with E-state index < -0.39 is 6.09 Å². The van der Waals surface area contributed by atoms with Gasteiger partial charge in [-0.1, -0.05) is 18.2 Å². The fourth-order valence-corrected chi connectivity index (χ4v) is 1.32. The highest BCUT2D eigenvalue weighted by Crippen LogP contribution is 2.14. The summed E-state index contributed by atoms with van der Waals surface area (Å²) in [5, 5.41) is 0. The van der Waals surface area contributed by atoms with Crippen molar-refractivity contribution < 1.29 is 9.53 Å². The number of nitrogens with zero attached hydrogens (tertiary/aromatic N) is 2. The SMILES string of the molecule is CN(C(=O)Oc1ccccc1)c1cccnc1.